The van der Waals surface area contributed by atoms with Crippen LogP contribution in [0.3, 0.4) is 0 Å². The van der Waals surface area contributed by atoms with Crippen molar-refractivity contribution in [2.24, 2.45) is 5.73 Å². The monoisotopic (exact) mass is 284 g/mol. The zero-order valence-electron chi connectivity index (χ0n) is 12.2. The molecule has 0 radical (unpaired) electrons. The lowest BCUT2D eigenvalue weighted by Crippen LogP contribution is -2.21. The summed E-state index contributed by atoms with van der Waals surface area (Å²) in [7, 11) is 2.07. The van der Waals surface area contributed by atoms with Crippen LogP contribution in [0, 0.1) is 13.8 Å². The summed E-state index contributed by atoms with van der Waals surface area (Å²) in [6.07, 6.45) is 0. The van der Waals surface area contributed by atoms with E-state index in [1.54, 1.807) is 0 Å². The fourth-order valence-electron chi connectivity index (χ4n) is 2.34. The third-order valence-electron chi connectivity index (χ3n) is 3.33. The summed E-state index contributed by atoms with van der Waals surface area (Å²) >= 11 is 5.15. The van der Waals surface area contributed by atoms with E-state index in [-0.39, 0.29) is 0 Å². The van der Waals surface area contributed by atoms with Crippen molar-refractivity contribution < 1.29 is 0 Å². The minimum Gasteiger partial charge on any atom is -0.389 e. The standard InChI is InChI=1S/C17H20N2S/c1-12-5-4-6-14(9-12)11-19(3)16-10-13(2)7-8-15(16)17(18)20/h4-10H,11H2,1-3H3,(H2,18,20). The smallest absolute Gasteiger partial charge is 0.106 e. The lowest BCUT2D eigenvalue weighted by Gasteiger charge is -2.23. The van der Waals surface area contributed by atoms with Gasteiger partial charge in [0.25, 0.3) is 0 Å². The van der Waals surface area contributed by atoms with Gasteiger partial charge in [-0.2, -0.15) is 0 Å². The number of nitrogens with two attached hydrogens (primary N) is 1. The number of anilines is 1. The Bertz CT molecular complexity index is 635. The molecule has 0 atom stereocenters. The molecule has 20 heavy (non-hydrogen) atoms. The molecule has 0 spiro atoms. The third-order valence-corrected chi connectivity index (χ3v) is 3.55. The van der Waals surface area contributed by atoms with Gasteiger partial charge in [0.1, 0.15) is 4.99 Å². The highest BCUT2D eigenvalue weighted by atomic mass is 32.1. The van der Waals surface area contributed by atoms with Gasteiger partial charge in [-0.3, -0.25) is 0 Å². The molecule has 0 fully saturated rings. The lowest BCUT2D eigenvalue weighted by molar-refractivity contribution is 0.919. The van der Waals surface area contributed by atoms with Crippen molar-refractivity contribution in [2.75, 3.05) is 11.9 Å². The number of nitrogens with zero attached hydrogens (tertiary/aromatic N) is 1. The largest absolute Gasteiger partial charge is 0.389 e. The van der Waals surface area contributed by atoms with Gasteiger partial charge in [0.15, 0.2) is 0 Å². The summed E-state index contributed by atoms with van der Waals surface area (Å²) < 4.78 is 0. The summed E-state index contributed by atoms with van der Waals surface area (Å²) in [5, 5.41) is 0. The summed E-state index contributed by atoms with van der Waals surface area (Å²) in [6, 6.07) is 14.7. The van der Waals surface area contributed by atoms with Gasteiger partial charge < -0.3 is 10.6 Å². The predicted molar refractivity (Wildman–Crippen MR) is 90.4 cm³/mol. The Balaban J connectivity index is 2.31. The second-order valence-electron chi connectivity index (χ2n) is 5.23. The molecule has 2 aromatic carbocycles. The maximum Gasteiger partial charge on any atom is 0.106 e. The minimum absolute atomic E-state index is 0.441. The topological polar surface area (TPSA) is 29.3 Å². The highest BCUT2D eigenvalue weighted by Crippen LogP contribution is 2.23. The molecule has 0 saturated carbocycles. The number of hydrogen-bond donors (Lipinski definition) is 1. The summed E-state index contributed by atoms with van der Waals surface area (Å²) in [5.74, 6) is 0. The maximum absolute atomic E-state index is 5.82. The summed E-state index contributed by atoms with van der Waals surface area (Å²) in [5.41, 5.74) is 11.6. The molecule has 0 aromatic heterocycles. The third kappa shape index (κ3) is 3.36. The van der Waals surface area contributed by atoms with Gasteiger partial charge in [-0.25, -0.2) is 0 Å². The van der Waals surface area contributed by atoms with Crippen molar-refractivity contribution in [1.82, 2.24) is 0 Å². The zero-order valence-corrected chi connectivity index (χ0v) is 13.0. The van der Waals surface area contributed by atoms with Crippen molar-refractivity contribution >= 4 is 22.9 Å². The fraction of sp³-hybridized carbons (Fsp3) is 0.235. The van der Waals surface area contributed by atoms with E-state index < -0.39 is 0 Å². The first-order valence-electron chi connectivity index (χ1n) is 6.64. The van der Waals surface area contributed by atoms with Gasteiger partial charge in [0, 0.05) is 24.8 Å². The molecule has 0 heterocycles. The van der Waals surface area contributed by atoms with Gasteiger partial charge in [-0.05, 0) is 37.1 Å². The van der Waals surface area contributed by atoms with Crippen LogP contribution in [0.1, 0.15) is 22.3 Å². The highest BCUT2D eigenvalue weighted by molar-refractivity contribution is 7.80. The van der Waals surface area contributed by atoms with E-state index in [0.717, 1.165) is 17.8 Å². The van der Waals surface area contributed by atoms with E-state index in [9.17, 15) is 0 Å². The summed E-state index contributed by atoms with van der Waals surface area (Å²) in [4.78, 5) is 2.63. The molecular weight excluding hydrogens is 264 g/mol. The van der Waals surface area contributed by atoms with Crippen LogP contribution in [0.5, 0.6) is 0 Å². The molecule has 2 N–H and O–H groups in total. The first-order chi connectivity index (χ1) is 9.47. The molecule has 0 unspecified atom stereocenters. The van der Waals surface area contributed by atoms with E-state index in [4.69, 9.17) is 18.0 Å². The second-order valence-corrected chi connectivity index (χ2v) is 5.67. The quantitative estimate of drug-likeness (QED) is 0.870. The van der Waals surface area contributed by atoms with Crippen LogP contribution in [0.2, 0.25) is 0 Å². The molecule has 0 aliphatic carbocycles. The Morgan fingerprint density at radius 1 is 1.10 bits per heavy atom. The normalized spacial score (nSPS) is 10.3. The minimum atomic E-state index is 0.441. The molecule has 2 aromatic rings. The summed E-state index contributed by atoms with van der Waals surface area (Å²) in [6.45, 7) is 5.02. The van der Waals surface area contributed by atoms with Crippen LogP contribution in [0.15, 0.2) is 42.5 Å². The first-order valence-corrected chi connectivity index (χ1v) is 7.05. The molecule has 2 rings (SSSR count). The van der Waals surface area contributed by atoms with Crippen molar-refractivity contribution in [2.45, 2.75) is 20.4 Å². The average molecular weight is 284 g/mol. The van der Waals surface area contributed by atoms with Crippen molar-refractivity contribution in [3.8, 4) is 0 Å². The van der Waals surface area contributed by atoms with Crippen molar-refractivity contribution in [3.05, 3.63) is 64.7 Å². The predicted octanol–water partition coefficient (Wildman–Crippen LogP) is 3.57. The van der Waals surface area contributed by atoms with Crippen LogP contribution in [0.25, 0.3) is 0 Å². The van der Waals surface area contributed by atoms with Crippen LogP contribution >= 0.6 is 12.2 Å². The number of aryl methyl sites for hydroxylation is 2. The SMILES string of the molecule is Cc1cccc(CN(C)c2cc(C)ccc2C(N)=S)c1. The molecule has 0 bridgehead atoms. The lowest BCUT2D eigenvalue weighted by atomic mass is 10.1. The molecular formula is C17H20N2S. The molecule has 2 nitrogen and oxygen atoms in total. The number of thiocarbonyl (C=S) groups is 1. The highest BCUT2D eigenvalue weighted by Gasteiger charge is 2.10. The zero-order chi connectivity index (χ0) is 14.7. The van der Waals surface area contributed by atoms with Gasteiger partial charge >= 0.3 is 0 Å². The van der Waals surface area contributed by atoms with Crippen LogP contribution in [-0.4, -0.2) is 12.0 Å². The van der Waals surface area contributed by atoms with Crippen LogP contribution in [-0.2, 0) is 6.54 Å². The average Bonchev–Trinajstić information content (AvgIpc) is 2.38. The number of benzene rings is 2. The van der Waals surface area contributed by atoms with Crippen LogP contribution in [0.4, 0.5) is 5.69 Å². The fourth-order valence-corrected chi connectivity index (χ4v) is 2.51. The Morgan fingerprint density at radius 3 is 2.45 bits per heavy atom. The molecule has 0 saturated heterocycles. The van der Waals surface area contributed by atoms with Crippen LogP contribution < -0.4 is 10.6 Å². The molecule has 104 valence electrons. The van der Waals surface area contributed by atoms with Gasteiger partial charge in [-0.1, -0.05) is 48.1 Å². The van der Waals surface area contributed by atoms with E-state index in [1.807, 2.05) is 12.1 Å². The molecule has 3 heteroatoms. The van der Waals surface area contributed by atoms with E-state index in [2.05, 4.69) is 56.1 Å². The number of hydrogen-bond acceptors (Lipinski definition) is 2. The first kappa shape index (κ1) is 14.5. The Labute approximate surface area is 126 Å². The maximum atomic E-state index is 5.82. The van der Waals surface area contributed by atoms with Crippen molar-refractivity contribution in [3.63, 3.8) is 0 Å². The Morgan fingerprint density at radius 2 is 1.80 bits per heavy atom. The second kappa shape index (κ2) is 6.06. The molecule has 0 aliphatic heterocycles. The molecule has 0 amide bonds. The van der Waals surface area contributed by atoms with E-state index in [1.165, 1.54) is 16.7 Å². The van der Waals surface area contributed by atoms with Crippen molar-refractivity contribution in [1.29, 1.82) is 0 Å². The van der Waals surface area contributed by atoms with Gasteiger partial charge in [0.05, 0.1) is 0 Å². The van der Waals surface area contributed by atoms with Gasteiger partial charge in [-0.15, -0.1) is 0 Å². The molecule has 0 aliphatic rings. The van der Waals surface area contributed by atoms with E-state index >= 15 is 0 Å². The van der Waals surface area contributed by atoms with Gasteiger partial charge in [0.2, 0.25) is 0 Å². The number of rotatable bonds is 4. The Kier molecular flexibility index (Phi) is 4.40. The Hall–Kier alpha value is -1.87. The van der Waals surface area contributed by atoms with E-state index in [0.29, 0.717) is 4.99 Å².